The first-order chi connectivity index (χ1) is 6.61. The summed E-state index contributed by atoms with van der Waals surface area (Å²) >= 11 is 0. The Balaban J connectivity index is 2.69. The van der Waals surface area contributed by atoms with E-state index in [9.17, 15) is 4.79 Å². The molecule has 78 valence electrons. The van der Waals surface area contributed by atoms with E-state index in [0.29, 0.717) is 5.92 Å². The maximum absolute atomic E-state index is 11.1. The van der Waals surface area contributed by atoms with Gasteiger partial charge in [0.1, 0.15) is 0 Å². The SMILES string of the molecule is CC(C)CCC1=C(C(N)=O)CCC=C1. The van der Waals surface area contributed by atoms with Gasteiger partial charge in [-0.15, -0.1) is 0 Å². The maximum atomic E-state index is 11.1. The molecule has 0 radical (unpaired) electrons. The molecule has 2 N–H and O–H groups in total. The monoisotopic (exact) mass is 193 g/mol. The summed E-state index contributed by atoms with van der Waals surface area (Å²) in [6, 6.07) is 0. The van der Waals surface area contributed by atoms with Crippen molar-refractivity contribution in [2.45, 2.75) is 39.5 Å². The van der Waals surface area contributed by atoms with Gasteiger partial charge in [0.2, 0.25) is 5.91 Å². The van der Waals surface area contributed by atoms with Gasteiger partial charge < -0.3 is 5.73 Å². The highest BCUT2D eigenvalue weighted by Gasteiger charge is 2.13. The van der Waals surface area contributed by atoms with Crippen molar-refractivity contribution in [3.63, 3.8) is 0 Å². The van der Waals surface area contributed by atoms with Crippen LogP contribution in [-0.2, 0) is 4.79 Å². The van der Waals surface area contributed by atoms with Gasteiger partial charge in [0.05, 0.1) is 0 Å². The molecule has 0 aromatic carbocycles. The highest BCUT2D eigenvalue weighted by Crippen LogP contribution is 2.23. The molecular weight excluding hydrogens is 174 g/mol. The summed E-state index contributed by atoms with van der Waals surface area (Å²) in [6.45, 7) is 4.38. The first-order valence-electron chi connectivity index (χ1n) is 5.29. The molecule has 0 bridgehead atoms. The number of carbonyl (C=O) groups excluding carboxylic acids is 1. The van der Waals surface area contributed by atoms with Crippen LogP contribution < -0.4 is 5.73 Å². The third-order valence-corrected chi connectivity index (χ3v) is 2.56. The lowest BCUT2D eigenvalue weighted by molar-refractivity contribution is -0.114. The normalized spacial score (nSPS) is 16.5. The molecule has 0 saturated heterocycles. The Bertz CT molecular complexity index is 274. The molecule has 2 heteroatoms. The van der Waals surface area contributed by atoms with E-state index >= 15 is 0 Å². The summed E-state index contributed by atoms with van der Waals surface area (Å²) in [6.07, 6.45) is 8.06. The summed E-state index contributed by atoms with van der Waals surface area (Å²) in [5.41, 5.74) is 7.32. The van der Waals surface area contributed by atoms with Crippen molar-refractivity contribution < 1.29 is 4.79 Å². The largest absolute Gasteiger partial charge is 0.366 e. The molecule has 1 amide bonds. The van der Waals surface area contributed by atoms with Gasteiger partial charge in [-0.2, -0.15) is 0 Å². The summed E-state index contributed by atoms with van der Waals surface area (Å²) in [4.78, 5) is 11.1. The van der Waals surface area contributed by atoms with Gasteiger partial charge in [0, 0.05) is 5.57 Å². The van der Waals surface area contributed by atoms with Gasteiger partial charge >= 0.3 is 0 Å². The van der Waals surface area contributed by atoms with Gasteiger partial charge in [0.15, 0.2) is 0 Å². The predicted molar refractivity (Wildman–Crippen MR) is 58.7 cm³/mol. The van der Waals surface area contributed by atoms with Crippen LogP contribution in [0.4, 0.5) is 0 Å². The van der Waals surface area contributed by atoms with E-state index < -0.39 is 0 Å². The number of primary amides is 1. The van der Waals surface area contributed by atoms with Crippen molar-refractivity contribution in [2.24, 2.45) is 11.7 Å². The second kappa shape index (κ2) is 4.99. The van der Waals surface area contributed by atoms with Crippen LogP contribution in [0.1, 0.15) is 39.5 Å². The van der Waals surface area contributed by atoms with Crippen molar-refractivity contribution in [1.82, 2.24) is 0 Å². The van der Waals surface area contributed by atoms with Gasteiger partial charge in [0.25, 0.3) is 0 Å². The fourth-order valence-electron chi connectivity index (χ4n) is 1.67. The number of hydrogen-bond donors (Lipinski definition) is 1. The fourth-order valence-corrected chi connectivity index (χ4v) is 1.67. The molecule has 0 saturated carbocycles. The lowest BCUT2D eigenvalue weighted by Crippen LogP contribution is -2.17. The Labute approximate surface area is 85.9 Å². The molecule has 0 aromatic rings. The zero-order chi connectivity index (χ0) is 10.6. The smallest absolute Gasteiger partial charge is 0.244 e. The Hall–Kier alpha value is -1.05. The van der Waals surface area contributed by atoms with E-state index in [4.69, 9.17) is 5.73 Å². The summed E-state index contributed by atoms with van der Waals surface area (Å²) < 4.78 is 0. The van der Waals surface area contributed by atoms with E-state index in [1.165, 1.54) is 0 Å². The zero-order valence-electron chi connectivity index (χ0n) is 9.05. The highest BCUT2D eigenvalue weighted by molar-refractivity contribution is 5.93. The van der Waals surface area contributed by atoms with E-state index in [-0.39, 0.29) is 5.91 Å². The van der Waals surface area contributed by atoms with Crippen LogP contribution in [0.3, 0.4) is 0 Å². The lowest BCUT2D eigenvalue weighted by Gasteiger charge is -2.14. The molecule has 0 unspecified atom stereocenters. The van der Waals surface area contributed by atoms with Gasteiger partial charge in [-0.25, -0.2) is 0 Å². The first-order valence-corrected chi connectivity index (χ1v) is 5.29. The molecule has 0 spiro atoms. The molecule has 1 aliphatic carbocycles. The van der Waals surface area contributed by atoms with Crippen LogP contribution in [0.5, 0.6) is 0 Å². The quantitative estimate of drug-likeness (QED) is 0.732. The third kappa shape index (κ3) is 3.02. The molecule has 1 rings (SSSR count). The fraction of sp³-hybridized carbons (Fsp3) is 0.583. The van der Waals surface area contributed by atoms with Crippen molar-refractivity contribution >= 4 is 5.91 Å². The van der Waals surface area contributed by atoms with E-state index in [1.54, 1.807) is 0 Å². The molecule has 1 aliphatic rings. The minimum absolute atomic E-state index is 0.242. The molecule has 0 aliphatic heterocycles. The standard InChI is InChI=1S/C12H19NO/c1-9(2)7-8-10-5-3-4-6-11(10)12(13)14/h3,5,9H,4,6-8H2,1-2H3,(H2,13,14). The Morgan fingerprint density at radius 1 is 1.57 bits per heavy atom. The highest BCUT2D eigenvalue weighted by atomic mass is 16.1. The zero-order valence-corrected chi connectivity index (χ0v) is 9.05. The van der Waals surface area contributed by atoms with E-state index in [1.807, 2.05) is 0 Å². The minimum Gasteiger partial charge on any atom is -0.366 e. The number of rotatable bonds is 4. The molecule has 0 atom stereocenters. The number of allylic oxidation sites excluding steroid dienone is 3. The van der Waals surface area contributed by atoms with Crippen LogP contribution in [-0.4, -0.2) is 5.91 Å². The van der Waals surface area contributed by atoms with Crippen molar-refractivity contribution in [1.29, 1.82) is 0 Å². The number of nitrogens with two attached hydrogens (primary N) is 1. The van der Waals surface area contributed by atoms with Crippen LogP contribution in [0, 0.1) is 5.92 Å². The van der Waals surface area contributed by atoms with Crippen molar-refractivity contribution in [3.05, 3.63) is 23.3 Å². The second-order valence-electron chi connectivity index (χ2n) is 4.24. The van der Waals surface area contributed by atoms with Crippen molar-refractivity contribution in [2.75, 3.05) is 0 Å². The minimum atomic E-state index is -0.242. The van der Waals surface area contributed by atoms with E-state index in [2.05, 4.69) is 26.0 Å². The molecular formula is C12H19NO. The molecule has 0 heterocycles. The Morgan fingerprint density at radius 3 is 2.86 bits per heavy atom. The van der Waals surface area contributed by atoms with Gasteiger partial charge in [-0.05, 0) is 37.2 Å². The molecule has 14 heavy (non-hydrogen) atoms. The topological polar surface area (TPSA) is 43.1 Å². The van der Waals surface area contributed by atoms with Gasteiger partial charge in [-0.3, -0.25) is 4.79 Å². The average Bonchev–Trinajstić information content (AvgIpc) is 2.15. The summed E-state index contributed by atoms with van der Waals surface area (Å²) in [5.74, 6) is 0.431. The van der Waals surface area contributed by atoms with Gasteiger partial charge in [-0.1, -0.05) is 26.0 Å². The number of amides is 1. The molecule has 2 nitrogen and oxygen atoms in total. The number of hydrogen-bond acceptors (Lipinski definition) is 1. The van der Waals surface area contributed by atoms with E-state index in [0.717, 1.165) is 36.8 Å². The predicted octanol–water partition coefficient (Wildman–Crippen LogP) is 2.55. The summed E-state index contributed by atoms with van der Waals surface area (Å²) in [7, 11) is 0. The lowest BCUT2D eigenvalue weighted by atomic mass is 9.92. The Morgan fingerprint density at radius 2 is 2.29 bits per heavy atom. The molecule has 0 aromatic heterocycles. The number of carbonyl (C=O) groups is 1. The average molecular weight is 193 g/mol. The first kappa shape index (κ1) is 11.0. The maximum Gasteiger partial charge on any atom is 0.244 e. The summed E-state index contributed by atoms with van der Waals surface area (Å²) in [5, 5.41) is 0. The van der Waals surface area contributed by atoms with Crippen LogP contribution in [0.15, 0.2) is 23.3 Å². The van der Waals surface area contributed by atoms with Crippen LogP contribution >= 0.6 is 0 Å². The van der Waals surface area contributed by atoms with Crippen molar-refractivity contribution in [3.8, 4) is 0 Å². The van der Waals surface area contributed by atoms with Crippen LogP contribution in [0.2, 0.25) is 0 Å². The third-order valence-electron chi connectivity index (χ3n) is 2.56. The second-order valence-corrected chi connectivity index (χ2v) is 4.24. The molecule has 0 fully saturated rings. The Kier molecular flexibility index (Phi) is 3.93. The van der Waals surface area contributed by atoms with Crippen LogP contribution in [0.25, 0.3) is 0 Å².